The summed E-state index contributed by atoms with van der Waals surface area (Å²) in [6, 6.07) is 18.0. The van der Waals surface area contributed by atoms with E-state index in [1.165, 1.54) is 52.7 Å². The Balaban J connectivity index is 0.000000514. The quantitative estimate of drug-likeness (QED) is 0.468. The van der Waals surface area contributed by atoms with Crippen LogP contribution < -0.4 is 0 Å². The lowest BCUT2D eigenvalue weighted by Gasteiger charge is -2.24. The minimum absolute atomic E-state index is 0.206. The van der Waals surface area contributed by atoms with Crippen LogP contribution in [0.3, 0.4) is 0 Å². The van der Waals surface area contributed by atoms with Crippen LogP contribution >= 0.6 is 0 Å². The molecule has 0 saturated heterocycles. The van der Waals surface area contributed by atoms with Gasteiger partial charge in [0, 0.05) is 0 Å². The zero-order valence-corrected chi connectivity index (χ0v) is 19.0. The molecular formula is C28H38. The van der Waals surface area contributed by atoms with Gasteiger partial charge in [0.1, 0.15) is 0 Å². The standard InChI is InChI=1S/C23H24.C3H8.C2H6/c1-23(2,3)20-12-11-17-9-10-18-13-19(14-21(18)22(17)15-20)16-7-5-4-6-8-16;1-3-2;1-2/h4-8,11-12,14-15H,9-10,13H2,1-3H3;3H2,1-2H3;1-2H3. The van der Waals surface area contributed by atoms with E-state index in [-0.39, 0.29) is 5.41 Å². The number of fused-ring (bicyclic) bond motifs is 2. The summed E-state index contributed by atoms with van der Waals surface area (Å²) >= 11 is 0. The molecule has 0 amide bonds. The number of benzene rings is 2. The molecule has 4 rings (SSSR count). The number of allylic oxidation sites excluding steroid dienone is 4. The second-order valence-corrected chi connectivity index (χ2v) is 8.56. The zero-order chi connectivity index (χ0) is 20.7. The van der Waals surface area contributed by atoms with E-state index < -0.39 is 0 Å². The Labute approximate surface area is 173 Å². The maximum absolute atomic E-state index is 2.44. The largest absolute Gasteiger partial charge is 0.0683 e. The Bertz CT molecular complexity index is 826. The molecule has 0 fully saturated rings. The number of hydrogen-bond donors (Lipinski definition) is 0. The predicted molar refractivity (Wildman–Crippen MR) is 127 cm³/mol. The lowest BCUT2D eigenvalue weighted by atomic mass is 9.80. The van der Waals surface area contributed by atoms with E-state index >= 15 is 0 Å². The molecule has 0 unspecified atom stereocenters. The summed E-state index contributed by atoms with van der Waals surface area (Å²) < 4.78 is 0. The van der Waals surface area contributed by atoms with Crippen LogP contribution in [0.5, 0.6) is 0 Å². The highest BCUT2D eigenvalue weighted by molar-refractivity contribution is 5.93. The fourth-order valence-corrected chi connectivity index (χ4v) is 3.78. The van der Waals surface area contributed by atoms with E-state index in [0.29, 0.717) is 0 Å². The van der Waals surface area contributed by atoms with Gasteiger partial charge in [0.2, 0.25) is 0 Å². The minimum Gasteiger partial charge on any atom is -0.0683 e. The van der Waals surface area contributed by atoms with Crippen LogP contribution in [0.25, 0.3) is 11.1 Å². The lowest BCUT2D eigenvalue weighted by Crippen LogP contribution is -2.13. The number of rotatable bonds is 1. The van der Waals surface area contributed by atoms with Crippen LogP contribution in [0.2, 0.25) is 0 Å². The van der Waals surface area contributed by atoms with Crippen LogP contribution in [-0.2, 0) is 11.8 Å². The highest BCUT2D eigenvalue weighted by atomic mass is 14.3. The summed E-state index contributed by atoms with van der Waals surface area (Å²) in [6.07, 6.45) is 7.21. The van der Waals surface area contributed by atoms with E-state index in [1.54, 1.807) is 5.57 Å². The highest BCUT2D eigenvalue weighted by Crippen LogP contribution is 2.44. The highest BCUT2D eigenvalue weighted by Gasteiger charge is 2.25. The molecule has 150 valence electrons. The van der Waals surface area contributed by atoms with E-state index in [4.69, 9.17) is 0 Å². The first-order valence-corrected chi connectivity index (χ1v) is 11.1. The monoisotopic (exact) mass is 374 g/mol. The predicted octanol–water partition coefficient (Wildman–Crippen LogP) is 8.61. The van der Waals surface area contributed by atoms with Crippen molar-refractivity contribution in [3.63, 3.8) is 0 Å². The smallest absolute Gasteiger partial charge is 0.00516 e. The van der Waals surface area contributed by atoms with E-state index in [1.807, 2.05) is 13.8 Å². The third-order valence-corrected chi connectivity index (χ3v) is 5.21. The van der Waals surface area contributed by atoms with Gasteiger partial charge < -0.3 is 0 Å². The van der Waals surface area contributed by atoms with Crippen molar-refractivity contribution >= 4 is 11.1 Å². The second kappa shape index (κ2) is 9.92. The van der Waals surface area contributed by atoms with Crippen molar-refractivity contribution in [1.29, 1.82) is 0 Å². The van der Waals surface area contributed by atoms with Crippen molar-refractivity contribution in [2.24, 2.45) is 0 Å². The summed E-state index contributed by atoms with van der Waals surface area (Å²) in [5.41, 5.74) is 10.6. The maximum atomic E-state index is 2.44. The van der Waals surface area contributed by atoms with Crippen molar-refractivity contribution in [2.45, 2.75) is 79.6 Å². The first-order chi connectivity index (χ1) is 13.4. The van der Waals surface area contributed by atoms with Gasteiger partial charge in [-0.15, -0.1) is 0 Å². The number of hydrogen-bond acceptors (Lipinski definition) is 0. The molecular weight excluding hydrogens is 336 g/mol. The van der Waals surface area contributed by atoms with E-state index in [9.17, 15) is 0 Å². The summed E-state index contributed by atoms with van der Waals surface area (Å²) in [6.45, 7) is 15.1. The average Bonchev–Trinajstić information content (AvgIpc) is 3.15. The molecule has 2 aliphatic rings. The SMILES string of the molecule is CC.CC(C)(C)c1ccc2c(c1)C1=C(CC2)CC(c2ccccc2)=C1.CCC. The first-order valence-electron chi connectivity index (χ1n) is 11.1. The van der Waals surface area contributed by atoms with Gasteiger partial charge in [-0.3, -0.25) is 0 Å². The normalized spacial score (nSPS) is 14.8. The van der Waals surface area contributed by atoms with E-state index in [0.717, 1.165) is 6.42 Å². The average molecular weight is 375 g/mol. The summed E-state index contributed by atoms with van der Waals surface area (Å²) in [5.74, 6) is 0. The van der Waals surface area contributed by atoms with Crippen molar-refractivity contribution in [3.8, 4) is 0 Å². The lowest BCUT2D eigenvalue weighted by molar-refractivity contribution is 0.589. The Hall–Kier alpha value is -2.08. The molecule has 2 aromatic rings. The maximum Gasteiger partial charge on any atom is -0.00516 e. The molecule has 0 saturated carbocycles. The molecule has 0 atom stereocenters. The molecule has 0 heterocycles. The molecule has 28 heavy (non-hydrogen) atoms. The number of aryl methyl sites for hydroxylation is 1. The Kier molecular flexibility index (Phi) is 7.87. The van der Waals surface area contributed by atoms with Crippen LogP contribution in [-0.4, -0.2) is 0 Å². The van der Waals surface area contributed by atoms with Crippen molar-refractivity contribution in [3.05, 3.63) is 82.4 Å². The Morgan fingerprint density at radius 2 is 1.50 bits per heavy atom. The van der Waals surface area contributed by atoms with Gasteiger partial charge >= 0.3 is 0 Å². The second-order valence-electron chi connectivity index (χ2n) is 8.56. The molecule has 0 radical (unpaired) electrons. The third-order valence-electron chi connectivity index (χ3n) is 5.21. The molecule has 0 spiro atoms. The Morgan fingerprint density at radius 3 is 2.11 bits per heavy atom. The first kappa shape index (κ1) is 22.2. The van der Waals surface area contributed by atoms with E-state index in [2.05, 4.69) is 89.2 Å². The fraction of sp³-hybridized carbons (Fsp3) is 0.429. The van der Waals surface area contributed by atoms with Crippen LogP contribution in [0.1, 0.15) is 90.0 Å². The molecule has 0 aromatic heterocycles. The van der Waals surface area contributed by atoms with Gasteiger partial charge in [-0.25, -0.2) is 0 Å². The molecule has 0 aliphatic heterocycles. The molecule has 0 nitrogen and oxygen atoms in total. The minimum atomic E-state index is 0.206. The van der Waals surface area contributed by atoms with Crippen molar-refractivity contribution in [1.82, 2.24) is 0 Å². The molecule has 0 bridgehead atoms. The molecule has 0 N–H and O–H groups in total. The van der Waals surface area contributed by atoms with Gasteiger partial charge in [-0.05, 0) is 58.1 Å². The molecule has 0 heteroatoms. The van der Waals surface area contributed by atoms with Gasteiger partial charge in [0.05, 0.1) is 0 Å². The topological polar surface area (TPSA) is 0 Å². The summed E-state index contributed by atoms with van der Waals surface area (Å²) in [4.78, 5) is 0. The Morgan fingerprint density at radius 1 is 0.857 bits per heavy atom. The van der Waals surface area contributed by atoms with Crippen LogP contribution in [0.15, 0.2) is 60.2 Å². The van der Waals surface area contributed by atoms with Gasteiger partial charge in [0.25, 0.3) is 0 Å². The summed E-state index contributed by atoms with van der Waals surface area (Å²) in [5, 5.41) is 0. The zero-order valence-electron chi connectivity index (χ0n) is 19.0. The third kappa shape index (κ3) is 5.04. The van der Waals surface area contributed by atoms with Gasteiger partial charge in [0.15, 0.2) is 0 Å². The van der Waals surface area contributed by atoms with Gasteiger partial charge in [-0.2, -0.15) is 0 Å². The fourth-order valence-electron chi connectivity index (χ4n) is 3.78. The van der Waals surface area contributed by atoms with Crippen LogP contribution in [0, 0.1) is 0 Å². The summed E-state index contributed by atoms with van der Waals surface area (Å²) in [7, 11) is 0. The van der Waals surface area contributed by atoms with Gasteiger partial charge in [-0.1, -0.05) is 115 Å². The molecule has 2 aliphatic carbocycles. The van der Waals surface area contributed by atoms with Crippen molar-refractivity contribution < 1.29 is 0 Å². The molecule has 2 aromatic carbocycles. The van der Waals surface area contributed by atoms with Crippen LogP contribution in [0.4, 0.5) is 0 Å². The van der Waals surface area contributed by atoms with Crippen molar-refractivity contribution in [2.75, 3.05) is 0 Å².